The SMILES string of the molecule is CCCc1ccc(C2CCC(c3ccc(C4CC=C(c5ccc(OCC)c(F)c5F)CC4)c(F)c3F)CC2)c(F)c1F. The van der Waals surface area contributed by atoms with Gasteiger partial charge in [0.2, 0.25) is 5.82 Å². The Morgan fingerprint density at radius 3 is 1.74 bits per heavy atom. The van der Waals surface area contributed by atoms with E-state index in [-0.39, 0.29) is 41.2 Å². The van der Waals surface area contributed by atoms with E-state index in [0.29, 0.717) is 73.6 Å². The van der Waals surface area contributed by atoms with Crippen molar-refractivity contribution in [2.75, 3.05) is 6.61 Å². The normalized spacial score (nSPS) is 20.9. The highest BCUT2D eigenvalue weighted by atomic mass is 19.2. The first-order valence-corrected chi connectivity index (χ1v) is 15.0. The van der Waals surface area contributed by atoms with Crippen LogP contribution in [0.3, 0.4) is 0 Å². The summed E-state index contributed by atoms with van der Waals surface area (Å²) in [5.41, 5.74) is 2.14. The summed E-state index contributed by atoms with van der Waals surface area (Å²) in [5, 5.41) is 0. The van der Waals surface area contributed by atoms with Crippen LogP contribution in [0.5, 0.6) is 5.75 Å². The molecule has 2 aliphatic rings. The van der Waals surface area contributed by atoms with E-state index < -0.39 is 34.9 Å². The van der Waals surface area contributed by atoms with E-state index >= 15 is 8.78 Å². The van der Waals surface area contributed by atoms with Crippen molar-refractivity contribution in [3.63, 3.8) is 0 Å². The van der Waals surface area contributed by atoms with Crippen LogP contribution >= 0.6 is 0 Å². The maximum Gasteiger partial charge on any atom is 0.201 e. The minimum absolute atomic E-state index is 0.138. The van der Waals surface area contributed by atoms with Gasteiger partial charge in [0.1, 0.15) is 0 Å². The molecule has 0 aromatic heterocycles. The van der Waals surface area contributed by atoms with Crippen molar-refractivity contribution in [2.45, 2.75) is 89.4 Å². The smallest absolute Gasteiger partial charge is 0.201 e. The highest BCUT2D eigenvalue weighted by molar-refractivity contribution is 5.68. The molecule has 0 bridgehead atoms. The van der Waals surface area contributed by atoms with Gasteiger partial charge in [-0.25, -0.2) is 22.0 Å². The van der Waals surface area contributed by atoms with Gasteiger partial charge in [-0.05, 0) is 116 Å². The predicted molar refractivity (Wildman–Crippen MR) is 153 cm³/mol. The summed E-state index contributed by atoms with van der Waals surface area (Å²) in [6, 6.07) is 9.53. The first-order chi connectivity index (χ1) is 20.2. The number of halogens is 6. The molecule has 1 nitrogen and oxygen atoms in total. The molecule has 0 radical (unpaired) electrons. The third-order valence-corrected chi connectivity index (χ3v) is 9.00. The zero-order valence-corrected chi connectivity index (χ0v) is 24.0. The standard InChI is InChI=1S/C35H36F6O/c1-3-5-24-14-15-25(31(37)30(24)36)20-6-8-21(9-7-20)26-16-17-27(33(39)32(26)38)22-10-12-23(13-11-22)28-18-19-29(42-4-2)35(41)34(28)40/h12,14-22H,3-11,13H2,1-2H3. The summed E-state index contributed by atoms with van der Waals surface area (Å²) in [7, 11) is 0. The zero-order chi connectivity index (χ0) is 30.0. The van der Waals surface area contributed by atoms with Crippen LogP contribution in [0.15, 0.2) is 42.5 Å². The predicted octanol–water partition coefficient (Wildman–Crippen LogP) is 10.7. The summed E-state index contributed by atoms with van der Waals surface area (Å²) in [4.78, 5) is 0. The second-order valence-corrected chi connectivity index (χ2v) is 11.5. The molecule has 3 aromatic carbocycles. The lowest BCUT2D eigenvalue weighted by atomic mass is 9.75. The molecule has 0 aliphatic heterocycles. The summed E-state index contributed by atoms with van der Waals surface area (Å²) in [5.74, 6) is -6.06. The molecular formula is C35H36F6O. The number of hydrogen-bond acceptors (Lipinski definition) is 1. The molecular weight excluding hydrogens is 550 g/mol. The number of ether oxygens (including phenoxy) is 1. The van der Waals surface area contributed by atoms with Crippen molar-refractivity contribution in [3.8, 4) is 5.75 Å². The average molecular weight is 587 g/mol. The molecule has 0 amide bonds. The summed E-state index contributed by atoms with van der Waals surface area (Å²) >= 11 is 0. The maximum atomic E-state index is 15.4. The van der Waals surface area contributed by atoms with Gasteiger partial charge in [0.15, 0.2) is 34.8 Å². The van der Waals surface area contributed by atoms with Crippen LogP contribution in [0.25, 0.3) is 5.57 Å². The van der Waals surface area contributed by atoms with Crippen LogP contribution in [0.2, 0.25) is 0 Å². The molecule has 3 aromatic rings. The fourth-order valence-electron chi connectivity index (χ4n) is 6.72. The molecule has 224 valence electrons. The van der Waals surface area contributed by atoms with Gasteiger partial charge in [-0.15, -0.1) is 0 Å². The van der Waals surface area contributed by atoms with E-state index in [1.165, 1.54) is 12.1 Å². The average Bonchev–Trinajstić information content (AvgIpc) is 3.00. The molecule has 1 saturated carbocycles. The van der Waals surface area contributed by atoms with Crippen molar-refractivity contribution >= 4 is 5.57 Å². The Hall–Kier alpha value is -3.22. The number of allylic oxidation sites excluding steroid dienone is 2. The third-order valence-electron chi connectivity index (χ3n) is 9.00. The van der Waals surface area contributed by atoms with Gasteiger partial charge in [-0.1, -0.05) is 43.7 Å². The van der Waals surface area contributed by atoms with Crippen LogP contribution in [0.1, 0.15) is 111 Å². The quantitative estimate of drug-likeness (QED) is 0.239. The van der Waals surface area contributed by atoms with Gasteiger partial charge in [0.25, 0.3) is 0 Å². The molecule has 7 heteroatoms. The van der Waals surface area contributed by atoms with Gasteiger partial charge < -0.3 is 4.74 Å². The van der Waals surface area contributed by atoms with E-state index in [0.717, 1.165) is 6.42 Å². The second kappa shape index (κ2) is 13.0. The van der Waals surface area contributed by atoms with Crippen LogP contribution in [-0.2, 0) is 6.42 Å². The van der Waals surface area contributed by atoms with Crippen molar-refractivity contribution in [3.05, 3.63) is 105 Å². The molecule has 1 atom stereocenters. The molecule has 2 aliphatic carbocycles. The number of hydrogen-bond donors (Lipinski definition) is 0. The summed E-state index contributed by atoms with van der Waals surface area (Å²) in [6.07, 6.45) is 6.47. The van der Waals surface area contributed by atoms with Crippen LogP contribution in [0.4, 0.5) is 26.3 Å². The fourth-order valence-corrected chi connectivity index (χ4v) is 6.72. The first kappa shape index (κ1) is 30.2. The highest BCUT2D eigenvalue weighted by Gasteiger charge is 2.31. The molecule has 0 saturated heterocycles. The largest absolute Gasteiger partial charge is 0.491 e. The minimum Gasteiger partial charge on any atom is -0.491 e. The summed E-state index contributed by atoms with van der Waals surface area (Å²) < 4.78 is 94.3. The molecule has 42 heavy (non-hydrogen) atoms. The van der Waals surface area contributed by atoms with E-state index in [9.17, 15) is 17.6 Å². The summed E-state index contributed by atoms with van der Waals surface area (Å²) in [6.45, 7) is 3.82. The third kappa shape index (κ3) is 5.84. The van der Waals surface area contributed by atoms with Gasteiger partial charge in [-0.3, -0.25) is 0 Å². The lowest BCUT2D eigenvalue weighted by Gasteiger charge is -2.30. The molecule has 1 unspecified atom stereocenters. The molecule has 0 heterocycles. The molecule has 1 fully saturated rings. The fraction of sp³-hybridized carbons (Fsp3) is 0.429. The van der Waals surface area contributed by atoms with Gasteiger partial charge in [0, 0.05) is 5.56 Å². The Labute approximate surface area is 243 Å². The maximum absolute atomic E-state index is 15.4. The topological polar surface area (TPSA) is 9.23 Å². The molecule has 5 rings (SSSR count). The van der Waals surface area contributed by atoms with Crippen LogP contribution < -0.4 is 4.74 Å². The number of benzene rings is 3. The van der Waals surface area contributed by atoms with E-state index in [4.69, 9.17) is 4.74 Å². The van der Waals surface area contributed by atoms with Gasteiger partial charge in [-0.2, -0.15) is 4.39 Å². The second-order valence-electron chi connectivity index (χ2n) is 11.5. The first-order valence-electron chi connectivity index (χ1n) is 15.0. The Morgan fingerprint density at radius 1 is 0.619 bits per heavy atom. The molecule has 0 spiro atoms. The highest BCUT2D eigenvalue weighted by Crippen LogP contribution is 2.44. The Bertz CT molecular complexity index is 1470. The van der Waals surface area contributed by atoms with Crippen molar-refractivity contribution in [1.82, 2.24) is 0 Å². The van der Waals surface area contributed by atoms with Crippen LogP contribution in [0, 0.1) is 34.9 Å². The minimum atomic E-state index is -1.03. The Morgan fingerprint density at radius 2 is 1.19 bits per heavy atom. The lowest BCUT2D eigenvalue weighted by Crippen LogP contribution is -2.16. The van der Waals surface area contributed by atoms with Gasteiger partial charge >= 0.3 is 0 Å². The monoisotopic (exact) mass is 586 g/mol. The van der Waals surface area contributed by atoms with E-state index in [2.05, 4.69) is 0 Å². The van der Waals surface area contributed by atoms with Crippen molar-refractivity contribution < 1.29 is 31.1 Å². The van der Waals surface area contributed by atoms with Gasteiger partial charge in [0.05, 0.1) is 6.61 Å². The number of aryl methyl sites for hydroxylation is 1. The number of rotatable bonds is 8. The van der Waals surface area contributed by atoms with E-state index in [1.807, 2.05) is 6.92 Å². The Balaban J connectivity index is 1.26. The van der Waals surface area contributed by atoms with Crippen molar-refractivity contribution in [2.24, 2.45) is 0 Å². The lowest BCUT2D eigenvalue weighted by molar-refractivity contribution is 0.314. The Kier molecular flexibility index (Phi) is 9.34. The molecule has 0 N–H and O–H groups in total. The van der Waals surface area contributed by atoms with E-state index in [1.54, 1.807) is 37.3 Å². The zero-order valence-electron chi connectivity index (χ0n) is 24.0. The van der Waals surface area contributed by atoms with Crippen LogP contribution in [-0.4, -0.2) is 6.61 Å². The van der Waals surface area contributed by atoms with Crippen molar-refractivity contribution in [1.29, 1.82) is 0 Å².